The number of carbonyl (C=O) groups excluding carboxylic acids is 1. The molecule has 0 unspecified atom stereocenters. The van der Waals surface area contributed by atoms with E-state index < -0.39 is 0 Å². The molecular weight excluding hydrogens is 424 g/mol. The molecule has 2 aromatic carbocycles. The fourth-order valence-corrected chi connectivity index (χ4v) is 4.75. The van der Waals surface area contributed by atoms with Crippen LogP contribution in [0.5, 0.6) is 0 Å². The number of para-hydroxylation sites is 1. The van der Waals surface area contributed by atoms with Crippen LogP contribution in [0, 0.1) is 0 Å². The summed E-state index contributed by atoms with van der Waals surface area (Å²) in [5, 5.41) is 12.5. The van der Waals surface area contributed by atoms with E-state index >= 15 is 0 Å². The van der Waals surface area contributed by atoms with Crippen LogP contribution in [0.4, 0.5) is 5.82 Å². The van der Waals surface area contributed by atoms with E-state index in [9.17, 15) is 4.79 Å². The maximum absolute atomic E-state index is 12.5. The minimum absolute atomic E-state index is 0.0110. The van der Waals surface area contributed by atoms with Gasteiger partial charge in [-0.15, -0.1) is 0 Å². The lowest BCUT2D eigenvalue weighted by molar-refractivity contribution is 0.0926. The van der Waals surface area contributed by atoms with Gasteiger partial charge in [-0.2, -0.15) is 5.10 Å². The van der Waals surface area contributed by atoms with Crippen molar-refractivity contribution in [1.82, 2.24) is 25.1 Å². The molecule has 2 aromatic heterocycles. The summed E-state index contributed by atoms with van der Waals surface area (Å²) in [5.74, 6) is 2.26. The number of amides is 1. The van der Waals surface area contributed by atoms with Gasteiger partial charge in [0.1, 0.15) is 11.6 Å². The Kier molecular flexibility index (Phi) is 5.45. The Hall–Kier alpha value is -3.74. The highest BCUT2D eigenvalue weighted by Crippen LogP contribution is 2.40. The first-order chi connectivity index (χ1) is 16.7. The van der Waals surface area contributed by atoms with Crippen molar-refractivity contribution < 1.29 is 4.79 Å². The number of hydrogen-bond donors (Lipinski definition) is 2. The first kappa shape index (κ1) is 20.8. The van der Waals surface area contributed by atoms with Crippen molar-refractivity contribution in [3.8, 4) is 5.69 Å². The number of nitrogens with one attached hydrogen (secondary N) is 2. The van der Waals surface area contributed by atoms with Gasteiger partial charge in [0.05, 0.1) is 17.3 Å². The lowest BCUT2D eigenvalue weighted by atomic mass is 9.91. The predicted molar refractivity (Wildman–Crippen MR) is 132 cm³/mol. The molecule has 2 fully saturated rings. The fraction of sp³-hybridized carbons (Fsp3) is 0.333. The van der Waals surface area contributed by atoms with Gasteiger partial charge >= 0.3 is 0 Å². The maximum Gasteiger partial charge on any atom is 0.251 e. The van der Waals surface area contributed by atoms with Crippen molar-refractivity contribution in [3.05, 3.63) is 78.2 Å². The van der Waals surface area contributed by atoms with Crippen LogP contribution in [-0.4, -0.2) is 37.7 Å². The second kappa shape index (κ2) is 8.89. The highest BCUT2D eigenvalue weighted by atomic mass is 16.1. The third-order valence-corrected chi connectivity index (χ3v) is 6.83. The summed E-state index contributed by atoms with van der Waals surface area (Å²) in [7, 11) is 0. The number of fused-ring (bicyclic) bond motifs is 1. The van der Waals surface area contributed by atoms with Gasteiger partial charge < -0.3 is 10.6 Å². The second-order valence-corrected chi connectivity index (χ2v) is 9.37. The molecular formula is C27H28N6O. The van der Waals surface area contributed by atoms with Crippen molar-refractivity contribution in [2.75, 3.05) is 5.32 Å². The van der Waals surface area contributed by atoms with Crippen molar-refractivity contribution >= 4 is 22.8 Å². The number of carbonyl (C=O) groups is 1. The van der Waals surface area contributed by atoms with E-state index in [2.05, 4.69) is 15.7 Å². The summed E-state index contributed by atoms with van der Waals surface area (Å²) < 4.78 is 1.91. The molecule has 7 nitrogen and oxygen atoms in total. The molecule has 0 bridgehead atoms. The summed E-state index contributed by atoms with van der Waals surface area (Å²) in [6.45, 7) is 0. The summed E-state index contributed by atoms with van der Waals surface area (Å²) in [6.07, 6.45) is 8.03. The average molecular weight is 453 g/mol. The Bertz CT molecular complexity index is 1290. The van der Waals surface area contributed by atoms with Crippen LogP contribution in [0.2, 0.25) is 0 Å². The van der Waals surface area contributed by atoms with Gasteiger partial charge in [0.15, 0.2) is 5.65 Å². The van der Waals surface area contributed by atoms with Crippen LogP contribution in [-0.2, 0) is 0 Å². The third kappa shape index (κ3) is 4.25. The molecule has 0 atom stereocenters. The first-order valence-corrected chi connectivity index (χ1v) is 12.2. The molecule has 1 amide bonds. The molecule has 2 heterocycles. The lowest BCUT2D eigenvalue weighted by Gasteiger charge is -2.30. The topological polar surface area (TPSA) is 84.7 Å². The van der Waals surface area contributed by atoms with E-state index in [1.807, 2.05) is 71.5 Å². The van der Waals surface area contributed by atoms with Gasteiger partial charge in [-0.1, -0.05) is 36.4 Å². The molecule has 6 rings (SSSR count). The molecule has 7 heteroatoms. The summed E-state index contributed by atoms with van der Waals surface area (Å²) in [4.78, 5) is 22.3. The van der Waals surface area contributed by atoms with E-state index in [1.165, 1.54) is 0 Å². The zero-order chi connectivity index (χ0) is 22.9. The van der Waals surface area contributed by atoms with Crippen molar-refractivity contribution in [2.45, 2.75) is 56.5 Å². The monoisotopic (exact) mass is 452 g/mol. The normalized spacial score (nSPS) is 20.2. The van der Waals surface area contributed by atoms with E-state index in [-0.39, 0.29) is 11.9 Å². The largest absolute Gasteiger partial charge is 0.367 e. The minimum atomic E-state index is 0.0110. The predicted octanol–water partition coefficient (Wildman–Crippen LogP) is 4.85. The third-order valence-electron chi connectivity index (χ3n) is 6.83. The number of aromatic nitrogens is 4. The fourth-order valence-electron chi connectivity index (χ4n) is 4.75. The van der Waals surface area contributed by atoms with Crippen LogP contribution in [0.1, 0.15) is 60.6 Å². The van der Waals surface area contributed by atoms with Crippen LogP contribution in [0.25, 0.3) is 16.7 Å². The maximum atomic E-state index is 12.5. The molecule has 0 spiro atoms. The molecule has 2 saturated carbocycles. The molecule has 0 saturated heterocycles. The Morgan fingerprint density at radius 3 is 2.21 bits per heavy atom. The second-order valence-electron chi connectivity index (χ2n) is 9.37. The van der Waals surface area contributed by atoms with E-state index in [4.69, 9.17) is 9.97 Å². The van der Waals surface area contributed by atoms with Gasteiger partial charge in [-0.25, -0.2) is 14.6 Å². The van der Waals surface area contributed by atoms with Crippen molar-refractivity contribution in [2.24, 2.45) is 0 Å². The Labute approximate surface area is 198 Å². The smallest absolute Gasteiger partial charge is 0.251 e. The Balaban J connectivity index is 1.18. The highest BCUT2D eigenvalue weighted by Gasteiger charge is 2.30. The lowest BCUT2D eigenvalue weighted by Crippen LogP contribution is -2.40. The van der Waals surface area contributed by atoms with Crippen molar-refractivity contribution in [1.29, 1.82) is 0 Å². The molecule has 0 aliphatic heterocycles. The zero-order valence-electron chi connectivity index (χ0n) is 19.0. The van der Waals surface area contributed by atoms with Crippen LogP contribution in [0.3, 0.4) is 0 Å². The molecule has 2 aliphatic rings. The number of nitrogens with zero attached hydrogens (tertiary/aromatic N) is 4. The quantitative estimate of drug-likeness (QED) is 0.437. The van der Waals surface area contributed by atoms with Crippen LogP contribution in [0.15, 0.2) is 66.9 Å². The molecule has 2 N–H and O–H groups in total. The van der Waals surface area contributed by atoms with Crippen LogP contribution < -0.4 is 10.6 Å². The van der Waals surface area contributed by atoms with E-state index in [0.29, 0.717) is 17.5 Å². The SMILES string of the molecule is O=C(NC1CCC(Nc2nc(C3CC3)nc3c2cnn3-c2ccccc2)CC1)c1ccccc1. The molecule has 0 radical (unpaired) electrons. The summed E-state index contributed by atoms with van der Waals surface area (Å²) in [6, 6.07) is 20.1. The molecule has 2 aliphatic carbocycles. The molecule has 34 heavy (non-hydrogen) atoms. The Morgan fingerprint density at radius 1 is 0.824 bits per heavy atom. The number of benzene rings is 2. The van der Waals surface area contributed by atoms with Crippen molar-refractivity contribution in [3.63, 3.8) is 0 Å². The van der Waals surface area contributed by atoms with Gasteiger partial charge in [-0.05, 0) is 62.8 Å². The van der Waals surface area contributed by atoms with Gasteiger partial charge in [0.25, 0.3) is 5.91 Å². The van der Waals surface area contributed by atoms with Gasteiger partial charge in [0.2, 0.25) is 0 Å². The van der Waals surface area contributed by atoms with E-state index in [0.717, 1.165) is 66.9 Å². The summed E-state index contributed by atoms with van der Waals surface area (Å²) >= 11 is 0. The van der Waals surface area contributed by atoms with Gasteiger partial charge in [-0.3, -0.25) is 4.79 Å². The van der Waals surface area contributed by atoms with E-state index in [1.54, 1.807) is 0 Å². The highest BCUT2D eigenvalue weighted by molar-refractivity contribution is 5.94. The average Bonchev–Trinajstić information content (AvgIpc) is 3.65. The molecule has 172 valence electrons. The van der Waals surface area contributed by atoms with Crippen LogP contribution >= 0.6 is 0 Å². The first-order valence-electron chi connectivity index (χ1n) is 12.2. The van der Waals surface area contributed by atoms with Gasteiger partial charge in [0, 0.05) is 23.6 Å². The Morgan fingerprint density at radius 2 is 1.50 bits per heavy atom. The number of anilines is 1. The standard InChI is InChI=1S/C27H28N6O/c34-27(19-7-3-1-4-8-19)30-21-15-13-20(14-16-21)29-25-23-17-28-33(22-9-5-2-6-10-22)26(23)32-24(31-25)18-11-12-18/h1-10,17-18,20-21H,11-16H2,(H,30,34)(H,29,31,32). The summed E-state index contributed by atoms with van der Waals surface area (Å²) in [5.41, 5.74) is 2.57. The molecule has 4 aromatic rings. The number of hydrogen-bond acceptors (Lipinski definition) is 5. The minimum Gasteiger partial charge on any atom is -0.367 e. The zero-order valence-corrected chi connectivity index (χ0v) is 19.0. The number of rotatable bonds is 6.